The number of anilines is 1. The first kappa shape index (κ1) is 35.6. The number of nitrogens with zero attached hydrogens (tertiary/aromatic N) is 5. The van der Waals surface area contributed by atoms with Crippen LogP contribution in [0.5, 0.6) is 5.75 Å². The molecule has 1 aliphatic carbocycles. The number of aromatic nitrogens is 2. The van der Waals surface area contributed by atoms with E-state index in [0.717, 1.165) is 54.6 Å². The van der Waals surface area contributed by atoms with E-state index < -0.39 is 11.2 Å². The number of halogens is 1. The van der Waals surface area contributed by atoms with Gasteiger partial charge < -0.3 is 29.1 Å². The number of carbonyl (C=O) groups excluding carboxylic acids is 3. The van der Waals surface area contributed by atoms with Gasteiger partial charge in [0.25, 0.3) is 5.91 Å². The maximum absolute atomic E-state index is 14.0. The molecule has 1 aromatic heterocycles. The second-order valence-electron chi connectivity index (χ2n) is 15.2. The molecule has 2 aliphatic heterocycles. The number of amides is 3. The number of carbonyl (C=O) groups is 3. The highest BCUT2D eigenvalue weighted by molar-refractivity contribution is 6.32. The van der Waals surface area contributed by atoms with Crippen LogP contribution in [0.1, 0.15) is 65.9 Å². The van der Waals surface area contributed by atoms with Gasteiger partial charge in [0.05, 0.1) is 17.1 Å². The van der Waals surface area contributed by atoms with Gasteiger partial charge in [0.1, 0.15) is 11.4 Å². The van der Waals surface area contributed by atoms with Crippen molar-refractivity contribution in [1.82, 2.24) is 24.9 Å². The summed E-state index contributed by atoms with van der Waals surface area (Å²) in [6, 6.07) is 14.3. The van der Waals surface area contributed by atoms with Gasteiger partial charge in [0, 0.05) is 75.4 Å². The monoisotopic (exact) mass is 704 g/mol. The molecule has 0 radical (unpaired) electrons. The first-order valence-corrected chi connectivity index (χ1v) is 18.0. The van der Waals surface area contributed by atoms with Crippen LogP contribution < -0.4 is 9.64 Å². The van der Waals surface area contributed by atoms with Crippen molar-refractivity contribution in [3.05, 3.63) is 65.4 Å². The zero-order valence-corrected chi connectivity index (χ0v) is 30.5. The number of nitrogens with one attached hydrogen (secondary N) is 1. The molecule has 3 fully saturated rings. The molecule has 2 saturated heterocycles. The van der Waals surface area contributed by atoms with Crippen LogP contribution in [-0.2, 0) is 20.9 Å². The molecule has 3 aliphatic rings. The number of rotatable bonds is 9. The van der Waals surface area contributed by atoms with E-state index in [1.807, 2.05) is 39.1 Å². The molecule has 3 aromatic rings. The van der Waals surface area contributed by atoms with Gasteiger partial charge in [-0.15, -0.1) is 0 Å². The van der Waals surface area contributed by atoms with Crippen molar-refractivity contribution in [3.8, 4) is 16.9 Å². The van der Waals surface area contributed by atoms with Gasteiger partial charge in [-0.25, -0.2) is 4.79 Å². The van der Waals surface area contributed by atoms with Gasteiger partial charge in [-0.3, -0.25) is 14.7 Å². The van der Waals surface area contributed by atoms with E-state index in [0.29, 0.717) is 56.1 Å². The smallest absolute Gasteiger partial charge is 0.410 e. The number of aromatic amines is 1. The van der Waals surface area contributed by atoms with Crippen LogP contribution in [0.2, 0.25) is 5.02 Å². The normalized spacial score (nSPS) is 18.5. The Labute approximate surface area is 299 Å². The van der Waals surface area contributed by atoms with Crippen LogP contribution in [0.25, 0.3) is 11.1 Å². The quantitative estimate of drug-likeness (QED) is 0.276. The van der Waals surface area contributed by atoms with E-state index in [-0.39, 0.29) is 23.8 Å². The third-order valence-corrected chi connectivity index (χ3v) is 9.87. The summed E-state index contributed by atoms with van der Waals surface area (Å²) in [6.45, 7) is 12.6. The summed E-state index contributed by atoms with van der Waals surface area (Å²) in [5.41, 5.74) is 2.38. The van der Waals surface area contributed by atoms with Gasteiger partial charge in [-0.2, -0.15) is 5.10 Å². The maximum atomic E-state index is 14.0. The van der Waals surface area contributed by atoms with Crippen molar-refractivity contribution in [3.63, 3.8) is 0 Å². The van der Waals surface area contributed by atoms with Crippen molar-refractivity contribution in [1.29, 1.82) is 0 Å². The van der Waals surface area contributed by atoms with Crippen molar-refractivity contribution in [2.75, 3.05) is 44.2 Å². The summed E-state index contributed by atoms with van der Waals surface area (Å²) >= 11 is 6.62. The highest BCUT2D eigenvalue weighted by atomic mass is 35.5. The molecule has 12 heteroatoms. The standard InChI is InChI=1S/C38H49ClN6O5/c1-37(2,3)50-36(48)43-19-17-42(18-20-43)35(47)38(4,5)49-33-21-31(14-15-32(33)39)44-16-6-7-28(25-44)34(46)45(30-12-13-30)24-26-8-10-27(11-9-26)29-22-40-41-23-29/h8-11,14-15,21-23,28,30H,6-7,12-13,16-20,24-25H2,1-5H3,(H,40,41)/t28-/m1/s1. The number of piperidine rings is 1. The second-order valence-corrected chi connectivity index (χ2v) is 15.6. The summed E-state index contributed by atoms with van der Waals surface area (Å²) in [5, 5.41) is 7.31. The first-order valence-electron chi connectivity index (χ1n) is 17.7. The Balaban J connectivity index is 1.07. The summed E-state index contributed by atoms with van der Waals surface area (Å²) in [6.07, 6.45) is 7.13. The van der Waals surface area contributed by atoms with Crippen molar-refractivity contribution in [2.24, 2.45) is 5.92 Å². The lowest BCUT2D eigenvalue weighted by molar-refractivity contribution is -0.147. The number of piperazine rings is 1. The number of hydrogen-bond acceptors (Lipinski definition) is 7. The third-order valence-electron chi connectivity index (χ3n) is 9.56. The number of benzene rings is 2. The molecular formula is C38H49ClN6O5. The van der Waals surface area contributed by atoms with E-state index >= 15 is 0 Å². The lowest BCUT2D eigenvalue weighted by Gasteiger charge is -2.39. The molecule has 0 bridgehead atoms. The molecular weight excluding hydrogens is 656 g/mol. The van der Waals surface area contributed by atoms with E-state index in [2.05, 4.69) is 44.3 Å². The average molecular weight is 705 g/mol. The van der Waals surface area contributed by atoms with Crippen LogP contribution in [0.4, 0.5) is 10.5 Å². The van der Waals surface area contributed by atoms with Crippen LogP contribution in [0.3, 0.4) is 0 Å². The summed E-state index contributed by atoms with van der Waals surface area (Å²) in [5.74, 6) is 0.330. The molecule has 6 rings (SSSR count). The van der Waals surface area contributed by atoms with E-state index in [4.69, 9.17) is 21.1 Å². The lowest BCUT2D eigenvalue weighted by Crippen LogP contribution is -2.57. The number of ether oxygens (including phenoxy) is 2. The molecule has 11 nitrogen and oxygen atoms in total. The predicted molar refractivity (Wildman–Crippen MR) is 193 cm³/mol. The van der Waals surface area contributed by atoms with Crippen LogP contribution >= 0.6 is 11.6 Å². The molecule has 50 heavy (non-hydrogen) atoms. The molecule has 3 amide bonds. The highest BCUT2D eigenvalue weighted by Crippen LogP contribution is 2.36. The van der Waals surface area contributed by atoms with E-state index in [1.165, 1.54) is 0 Å². The summed E-state index contributed by atoms with van der Waals surface area (Å²) in [4.78, 5) is 47.8. The fourth-order valence-corrected chi connectivity index (χ4v) is 6.87. The molecule has 1 atom stereocenters. The zero-order valence-electron chi connectivity index (χ0n) is 29.8. The highest BCUT2D eigenvalue weighted by Gasteiger charge is 2.39. The largest absolute Gasteiger partial charge is 0.476 e. The first-order chi connectivity index (χ1) is 23.8. The van der Waals surface area contributed by atoms with Crippen LogP contribution in [-0.4, -0.2) is 99.3 Å². The second kappa shape index (κ2) is 14.5. The summed E-state index contributed by atoms with van der Waals surface area (Å²) in [7, 11) is 0. The molecule has 3 heterocycles. The van der Waals surface area contributed by atoms with Crippen LogP contribution in [0, 0.1) is 5.92 Å². The Morgan fingerprint density at radius 2 is 1.62 bits per heavy atom. The van der Waals surface area contributed by atoms with Crippen molar-refractivity contribution >= 4 is 35.2 Å². The minimum absolute atomic E-state index is 0.119. The third kappa shape index (κ3) is 8.54. The number of hydrogen-bond donors (Lipinski definition) is 1. The molecule has 1 N–H and O–H groups in total. The van der Waals surface area contributed by atoms with E-state index in [1.54, 1.807) is 35.9 Å². The van der Waals surface area contributed by atoms with Crippen LogP contribution in [0.15, 0.2) is 54.9 Å². The van der Waals surface area contributed by atoms with Gasteiger partial charge >= 0.3 is 6.09 Å². The average Bonchev–Trinajstić information content (AvgIpc) is 3.79. The lowest BCUT2D eigenvalue weighted by atomic mass is 9.95. The Bertz CT molecular complexity index is 1660. The molecule has 268 valence electrons. The predicted octanol–water partition coefficient (Wildman–Crippen LogP) is 6.37. The molecule has 2 aromatic carbocycles. The number of H-pyrrole nitrogens is 1. The minimum Gasteiger partial charge on any atom is -0.476 e. The van der Waals surface area contributed by atoms with Gasteiger partial charge in [0.15, 0.2) is 5.60 Å². The fourth-order valence-electron chi connectivity index (χ4n) is 6.71. The van der Waals surface area contributed by atoms with Crippen molar-refractivity contribution < 1.29 is 23.9 Å². The van der Waals surface area contributed by atoms with Gasteiger partial charge in [0.2, 0.25) is 5.91 Å². The Hall–Kier alpha value is -4.25. The van der Waals surface area contributed by atoms with E-state index in [9.17, 15) is 14.4 Å². The Morgan fingerprint density at radius 1 is 0.920 bits per heavy atom. The molecule has 0 unspecified atom stereocenters. The molecule has 0 spiro atoms. The fraction of sp³-hybridized carbons (Fsp3) is 0.526. The minimum atomic E-state index is -1.20. The van der Waals surface area contributed by atoms with Gasteiger partial charge in [-0.1, -0.05) is 35.9 Å². The molecule has 1 saturated carbocycles. The topological polar surface area (TPSA) is 111 Å². The Morgan fingerprint density at radius 3 is 2.26 bits per heavy atom. The van der Waals surface area contributed by atoms with Gasteiger partial charge in [-0.05, 0) is 83.6 Å². The maximum Gasteiger partial charge on any atom is 0.410 e. The summed E-state index contributed by atoms with van der Waals surface area (Å²) < 4.78 is 11.8. The van der Waals surface area contributed by atoms with Crippen molar-refractivity contribution in [2.45, 2.75) is 84.1 Å². The zero-order chi connectivity index (χ0) is 35.6. The Kier molecular flexibility index (Phi) is 10.3. The SMILES string of the molecule is CC(C)(C)OC(=O)N1CCN(C(=O)C(C)(C)Oc2cc(N3CCC[C@@H](C(=O)N(Cc4ccc(-c5cn[nH]c5)cc4)C4CC4)C3)ccc2Cl)CC1.